The van der Waals surface area contributed by atoms with Crippen molar-refractivity contribution < 1.29 is 22.8 Å². The Morgan fingerprint density at radius 2 is 1.71 bits per heavy atom. The first-order valence-corrected chi connectivity index (χ1v) is 7.67. The molecule has 9 heteroatoms. The van der Waals surface area contributed by atoms with E-state index < -0.39 is 23.6 Å². The van der Waals surface area contributed by atoms with Crippen molar-refractivity contribution in [3.63, 3.8) is 0 Å². The highest BCUT2D eigenvalue weighted by atomic mass is 35.5. The summed E-state index contributed by atoms with van der Waals surface area (Å²) in [6.45, 7) is 0. The number of pyridine rings is 1. The Morgan fingerprint density at radius 3 is 2.17 bits per heavy atom. The summed E-state index contributed by atoms with van der Waals surface area (Å²) in [5.74, 6) is -1.02. The summed E-state index contributed by atoms with van der Waals surface area (Å²) < 4.78 is 38.1. The first-order valence-electron chi connectivity index (χ1n) is 7.29. The van der Waals surface area contributed by atoms with Crippen molar-refractivity contribution in [2.75, 3.05) is 12.1 Å². The third-order valence-electron chi connectivity index (χ3n) is 4.12. The number of anilines is 1. The van der Waals surface area contributed by atoms with Crippen LogP contribution in [0.1, 0.15) is 31.2 Å². The molecule has 0 spiro atoms. The van der Waals surface area contributed by atoms with Gasteiger partial charge in [-0.05, 0) is 31.7 Å². The molecule has 128 valence electrons. The first kappa shape index (κ1) is 16.8. The van der Waals surface area contributed by atoms with Gasteiger partial charge in [0.2, 0.25) is 0 Å². The van der Waals surface area contributed by atoms with Crippen LogP contribution in [0.4, 0.5) is 19.0 Å². The number of nitrogens with zero attached hydrogens (tertiary/aromatic N) is 3. The largest absolute Gasteiger partial charge is 0.417 e. The van der Waals surface area contributed by atoms with Crippen molar-refractivity contribution in [2.24, 2.45) is 0 Å². The Bertz CT molecular complexity index is 733. The molecule has 0 atom stereocenters. The number of hydrogen-bond acceptors (Lipinski definition) is 4. The van der Waals surface area contributed by atoms with E-state index in [1.807, 2.05) is 0 Å². The minimum Gasteiger partial charge on any atom is -0.267 e. The Kier molecular flexibility index (Phi) is 4.03. The zero-order chi connectivity index (χ0) is 17.6. The third-order valence-corrected chi connectivity index (χ3v) is 4.40. The van der Waals surface area contributed by atoms with Gasteiger partial charge in [0.1, 0.15) is 0 Å². The number of aromatic nitrogens is 1. The highest BCUT2D eigenvalue weighted by Gasteiger charge is 2.42. The molecule has 1 aliphatic carbocycles. The number of hydrogen-bond donors (Lipinski definition) is 0. The summed E-state index contributed by atoms with van der Waals surface area (Å²) in [6.07, 6.45) is -1.25. The van der Waals surface area contributed by atoms with E-state index >= 15 is 0 Å². The number of imide groups is 1. The van der Waals surface area contributed by atoms with Crippen LogP contribution in [0, 0.1) is 0 Å². The average molecular weight is 360 g/mol. The monoisotopic (exact) mass is 359 g/mol. The van der Waals surface area contributed by atoms with Crippen molar-refractivity contribution >= 4 is 29.2 Å². The van der Waals surface area contributed by atoms with Crippen LogP contribution in [-0.2, 0) is 15.8 Å². The van der Waals surface area contributed by atoms with E-state index in [-0.39, 0.29) is 10.8 Å². The summed E-state index contributed by atoms with van der Waals surface area (Å²) >= 11 is 5.89. The molecule has 0 saturated heterocycles. The number of rotatable bonds is 2. The fourth-order valence-corrected chi connectivity index (χ4v) is 3.20. The van der Waals surface area contributed by atoms with Crippen molar-refractivity contribution in [3.8, 4) is 0 Å². The van der Waals surface area contributed by atoms with Gasteiger partial charge in [-0.15, -0.1) is 0 Å². The Morgan fingerprint density at radius 1 is 1.17 bits per heavy atom. The van der Waals surface area contributed by atoms with Crippen LogP contribution in [0.3, 0.4) is 0 Å². The highest BCUT2D eigenvalue weighted by Crippen LogP contribution is 2.37. The minimum absolute atomic E-state index is 0.0915. The van der Waals surface area contributed by atoms with Gasteiger partial charge in [0.05, 0.1) is 10.6 Å². The molecule has 0 radical (unpaired) electrons. The molecule has 5 nitrogen and oxygen atoms in total. The second-order valence-corrected chi connectivity index (χ2v) is 6.04. The molecule has 24 heavy (non-hydrogen) atoms. The van der Waals surface area contributed by atoms with Crippen LogP contribution >= 0.6 is 11.6 Å². The molecule has 2 heterocycles. The predicted octanol–water partition coefficient (Wildman–Crippen LogP) is 3.34. The summed E-state index contributed by atoms with van der Waals surface area (Å²) in [4.78, 5) is 28.6. The molecule has 1 aliphatic heterocycles. The van der Waals surface area contributed by atoms with E-state index in [1.165, 1.54) is 7.05 Å². The van der Waals surface area contributed by atoms with Gasteiger partial charge in [-0.2, -0.15) is 18.2 Å². The fourth-order valence-electron chi connectivity index (χ4n) is 2.92. The van der Waals surface area contributed by atoms with Crippen LogP contribution in [0.2, 0.25) is 5.02 Å². The summed E-state index contributed by atoms with van der Waals surface area (Å²) in [5, 5.41) is 1.70. The second-order valence-electron chi connectivity index (χ2n) is 5.64. The van der Waals surface area contributed by atoms with Crippen molar-refractivity contribution in [3.05, 3.63) is 34.0 Å². The quantitative estimate of drug-likeness (QED) is 0.760. The minimum atomic E-state index is -4.58. The standard InChI is InChI=1S/C15H13ClF3N3O2/c1-21(12-11(16)6-8(7-20-12)15(17,18)19)22-13(23)9-4-2-3-5-10(9)14(22)24/h6-7H,2-5H2,1H3. The molecule has 0 unspecified atom stereocenters. The lowest BCUT2D eigenvalue weighted by Gasteiger charge is -2.28. The number of carbonyl (C=O) groups excluding carboxylic acids is 2. The van der Waals surface area contributed by atoms with E-state index in [9.17, 15) is 22.8 Å². The van der Waals surface area contributed by atoms with Gasteiger partial charge in [-0.25, -0.2) is 4.98 Å². The molecule has 0 bridgehead atoms. The highest BCUT2D eigenvalue weighted by molar-refractivity contribution is 6.33. The molecular formula is C15H13ClF3N3O2. The van der Waals surface area contributed by atoms with E-state index in [0.717, 1.165) is 28.9 Å². The topological polar surface area (TPSA) is 53.5 Å². The first-order chi connectivity index (χ1) is 11.2. The molecule has 2 aliphatic rings. The van der Waals surface area contributed by atoms with Crippen molar-refractivity contribution in [2.45, 2.75) is 31.9 Å². The molecule has 0 fully saturated rings. The SMILES string of the molecule is CN(c1ncc(C(F)(F)F)cc1Cl)N1C(=O)C2=C(CCCC2)C1=O. The van der Waals surface area contributed by atoms with Crippen LogP contribution < -0.4 is 5.01 Å². The van der Waals surface area contributed by atoms with E-state index in [0.29, 0.717) is 30.2 Å². The number of halogens is 4. The maximum atomic E-state index is 12.7. The lowest BCUT2D eigenvalue weighted by atomic mass is 9.93. The van der Waals surface area contributed by atoms with Gasteiger partial charge in [0.25, 0.3) is 11.8 Å². The van der Waals surface area contributed by atoms with Crippen molar-refractivity contribution in [1.29, 1.82) is 0 Å². The zero-order valence-electron chi connectivity index (χ0n) is 12.7. The van der Waals surface area contributed by atoms with Gasteiger partial charge in [-0.3, -0.25) is 14.6 Å². The van der Waals surface area contributed by atoms with Crippen LogP contribution in [-0.4, -0.2) is 28.9 Å². The number of alkyl halides is 3. The third kappa shape index (κ3) is 2.64. The van der Waals surface area contributed by atoms with Crippen LogP contribution in [0.25, 0.3) is 0 Å². The number of amides is 2. The summed E-state index contributed by atoms with van der Waals surface area (Å²) in [7, 11) is 1.37. The van der Waals surface area contributed by atoms with Gasteiger partial charge in [0.15, 0.2) is 5.82 Å². The molecule has 1 aromatic rings. The molecule has 2 amide bonds. The molecule has 3 rings (SSSR count). The Hall–Kier alpha value is -2.09. The van der Waals surface area contributed by atoms with Crippen molar-refractivity contribution in [1.82, 2.24) is 9.99 Å². The molecule has 1 aromatic heterocycles. The lowest BCUT2D eigenvalue weighted by Crippen LogP contribution is -2.45. The van der Waals surface area contributed by atoms with E-state index in [1.54, 1.807) is 0 Å². The van der Waals surface area contributed by atoms with Gasteiger partial charge in [0, 0.05) is 24.4 Å². The van der Waals surface area contributed by atoms with Gasteiger partial charge < -0.3 is 0 Å². The molecular weight excluding hydrogens is 347 g/mol. The Labute approximate surface area is 140 Å². The maximum Gasteiger partial charge on any atom is 0.417 e. The molecule has 0 N–H and O–H groups in total. The average Bonchev–Trinajstić information content (AvgIpc) is 2.78. The van der Waals surface area contributed by atoms with Crippen LogP contribution in [0.5, 0.6) is 0 Å². The normalized spacial score (nSPS) is 18.3. The molecule has 0 saturated carbocycles. The number of carbonyl (C=O) groups is 2. The second kappa shape index (κ2) is 5.77. The molecule has 0 aromatic carbocycles. The lowest BCUT2D eigenvalue weighted by molar-refractivity contribution is -0.139. The van der Waals surface area contributed by atoms with Gasteiger partial charge >= 0.3 is 6.18 Å². The predicted molar refractivity (Wildman–Crippen MR) is 80.0 cm³/mol. The zero-order valence-corrected chi connectivity index (χ0v) is 13.4. The summed E-state index contributed by atoms with van der Waals surface area (Å²) in [5.41, 5.74) is -0.0524. The number of hydrazine groups is 1. The van der Waals surface area contributed by atoms with E-state index in [4.69, 9.17) is 11.6 Å². The fraction of sp³-hybridized carbons (Fsp3) is 0.400. The Balaban J connectivity index is 1.92. The van der Waals surface area contributed by atoms with E-state index in [2.05, 4.69) is 4.98 Å². The van der Waals surface area contributed by atoms with Gasteiger partial charge in [-0.1, -0.05) is 11.6 Å². The van der Waals surface area contributed by atoms with Crippen LogP contribution in [0.15, 0.2) is 23.4 Å². The maximum absolute atomic E-state index is 12.7. The summed E-state index contributed by atoms with van der Waals surface area (Å²) in [6, 6.07) is 0.721. The smallest absolute Gasteiger partial charge is 0.267 e.